The molecule has 1 aliphatic heterocycles. The van der Waals surface area contributed by atoms with E-state index in [4.69, 9.17) is 9.98 Å². The van der Waals surface area contributed by atoms with Crippen molar-refractivity contribution in [1.29, 1.82) is 0 Å². The number of aromatic nitrogens is 1. The predicted molar refractivity (Wildman–Crippen MR) is 125 cm³/mol. The predicted octanol–water partition coefficient (Wildman–Crippen LogP) is 4.73. The van der Waals surface area contributed by atoms with Crippen LogP contribution in [0.5, 0.6) is 0 Å². The van der Waals surface area contributed by atoms with Crippen molar-refractivity contribution >= 4 is 23.0 Å². The zero-order valence-corrected chi connectivity index (χ0v) is 19.1. The number of hydrogen-bond donors (Lipinski definition) is 2. The molecule has 2 heterocycles. The number of anilines is 1. The molecule has 1 unspecified atom stereocenters. The monoisotopic (exact) mass is 413 g/mol. The van der Waals surface area contributed by atoms with Crippen molar-refractivity contribution in [3.63, 3.8) is 0 Å². The Hall–Kier alpha value is -2.08. The van der Waals surface area contributed by atoms with Crippen molar-refractivity contribution in [3.8, 4) is 0 Å². The van der Waals surface area contributed by atoms with E-state index in [0.717, 1.165) is 31.2 Å². The van der Waals surface area contributed by atoms with Gasteiger partial charge in [0.25, 0.3) is 0 Å². The van der Waals surface area contributed by atoms with Gasteiger partial charge in [-0.3, -0.25) is 4.99 Å². The molecule has 0 bridgehead atoms. The largest absolute Gasteiger partial charge is 0.372 e. The third kappa shape index (κ3) is 6.20. The lowest BCUT2D eigenvalue weighted by molar-refractivity contribution is 0.685. The molecule has 0 saturated carbocycles. The minimum atomic E-state index is 0.196. The molecule has 1 aliphatic rings. The zero-order valence-electron chi connectivity index (χ0n) is 18.2. The fraction of sp³-hybridized carbons (Fsp3) is 0.565. The van der Waals surface area contributed by atoms with Gasteiger partial charge in [0.1, 0.15) is 0 Å². The summed E-state index contributed by atoms with van der Waals surface area (Å²) in [5, 5.41) is 10.3. The number of nitrogens with zero attached hydrogens (tertiary/aromatic N) is 3. The first-order chi connectivity index (χ1) is 14.1. The van der Waals surface area contributed by atoms with Crippen LogP contribution >= 0.6 is 11.3 Å². The molecule has 1 fully saturated rings. The Morgan fingerprint density at radius 3 is 2.72 bits per heavy atom. The van der Waals surface area contributed by atoms with E-state index in [0.29, 0.717) is 5.92 Å². The van der Waals surface area contributed by atoms with Gasteiger partial charge in [-0.15, -0.1) is 11.3 Å². The van der Waals surface area contributed by atoms with Crippen molar-refractivity contribution in [1.82, 2.24) is 15.6 Å². The van der Waals surface area contributed by atoms with Gasteiger partial charge in [-0.05, 0) is 44.4 Å². The molecule has 158 valence electrons. The van der Waals surface area contributed by atoms with Crippen molar-refractivity contribution in [2.24, 2.45) is 4.99 Å². The molecule has 2 N–H and O–H groups in total. The maximum atomic E-state index is 4.78. The van der Waals surface area contributed by atoms with Gasteiger partial charge in [0, 0.05) is 49.6 Å². The number of hydrogen-bond acceptors (Lipinski definition) is 4. The Balaban J connectivity index is 1.59. The number of benzene rings is 1. The van der Waals surface area contributed by atoms with Crippen LogP contribution < -0.4 is 15.5 Å². The van der Waals surface area contributed by atoms with Gasteiger partial charge in [-0.1, -0.05) is 26.0 Å². The molecule has 1 aromatic heterocycles. The van der Waals surface area contributed by atoms with Gasteiger partial charge in [0.2, 0.25) is 0 Å². The summed E-state index contributed by atoms with van der Waals surface area (Å²) in [6.45, 7) is 12.6. The topological polar surface area (TPSA) is 52.6 Å². The molecule has 6 heteroatoms. The molecule has 1 aromatic carbocycles. The SMILES string of the molecule is CCNC(=NCCc1csc(C(C)C)n1)NC(C)c1cccc(N2CCCC2)c1. The molecule has 29 heavy (non-hydrogen) atoms. The summed E-state index contributed by atoms with van der Waals surface area (Å²) in [6, 6.07) is 9.10. The van der Waals surface area contributed by atoms with Crippen molar-refractivity contribution < 1.29 is 0 Å². The first kappa shape index (κ1) is 21.6. The van der Waals surface area contributed by atoms with Crippen LogP contribution in [-0.4, -0.2) is 37.1 Å². The van der Waals surface area contributed by atoms with Gasteiger partial charge in [-0.25, -0.2) is 4.98 Å². The van der Waals surface area contributed by atoms with Gasteiger partial charge in [0.05, 0.1) is 16.7 Å². The summed E-state index contributed by atoms with van der Waals surface area (Å²) in [4.78, 5) is 12.0. The van der Waals surface area contributed by atoms with Crippen molar-refractivity contribution in [2.75, 3.05) is 31.1 Å². The standard InChI is InChI=1S/C23H35N5S/c1-5-24-23(25-12-11-20-16-29-22(27-20)17(2)3)26-18(4)19-9-8-10-21(15-19)28-13-6-7-14-28/h8-10,15-18H,5-7,11-14H2,1-4H3,(H2,24,25,26). The molecule has 1 saturated heterocycles. The van der Waals surface area contributed by atoms with Crippen LogP contribution in [0.3, 0.4) is 0 Å². The van der Waals surface area contributed by atoms with E-state index in [9.17, 15) is 0 Å². The average Bonchev–Trinajstić information content (AvgIpc) is 3.40. The Bertz CT molecular complexity index is 792. The second kappa shape index (κ2) is 10.6. The summed E-state index contributed by atoms with van der Waals surface area (Å²) >= 11 is 1.75. The van der Waals surface area contributed by atoms with E-state index in [1.165, 1.54) is 42.2 Å². The second-order valence-electron chi connectivity index (χ2n) is 8.00. The first-order valence-corrected chi connectivity index (χ1v) is 11.8. The second-order valence-corrected chi connectivity index (χ2v) is 8.89. The van der Waals surface area contributed by atoms with Gasteiger partial charge >= 0.3 is 0 Å². The summed E-state index contributed by atoms with van der Waals surface area (Å²) < 4.78 is 0. The third-order valence-corrected chi connectivity index (χ3v) is 6.43. The average molecular weight is 414 g/mol. The molecule has 1 atom stereocenters. The van der Waals surface area contributed by atoms with Gasteiger partial charge in [-0.2, -0.15) is 0 Å². The fourth-order valence-corrected chi connectivity index (χ4v) is 4.43. The fourth-order valence-electron chi connectivity index (χ4n) is 3.56. The van der Waals surface area contributed by atoms with Crippen molar-refractivity contribution in [2.45, 2.75) is 58.9 Å². The van der Waals surface area contributed by atoms with Crippen LogP contribution in [0.4, 0.5) is 5.69 Å². The number of guanidine groups is 1. The minimum absolute atomic E-state index is 0.196. The lowest BCUT2D eigenvalue weighted by Crippen LogP contribution is -2.39. The Kier molecular flexibility index (Phi) is 7.92. The molecule has 3 rings (SSSR count). The maximum Gasteiger partial charge on any atom is 0.191 e. The lowest BCUT2D eigenvalue weighted by Gasteiger charge is -2.22. The molecule has 0 radical (unpaired) electrons. The highest BCUT2D eigenvalue weighted by Gasteiger charge is 2.14. The van der Waals surface area contributed by atoms with E-state index < -0.39 is 0 Å². The van der Waals surface area contributed by atoms with Crippen LogP contribution in [0.2, 0.25) is 0 Å². The highest BCUT2D eigenvalue weighted by Crippen LogP contribution is 2.24. The van der Waals surface area contributed by atoms with E-state index in [-0.39, 0.29) is 6.04 Å². The number of aliphatic imine (C=N–C) groups is 1. The summed E-state index contributed by atoms with van der Waals surface area (Å²) in [5.74, 6) is 1.36. The van der Waals surface area contributed by atoms with E-state index in [1.54, 1.807) is 11.3 Å². The normalized spacial score (nSPS) is 15.8. The quantitative estimate of drug-likeness (QED) is 0.485. The van der Waals surface area contributed by atoms with Crippen LogP contribution in [-0.2, 0) is 6.42 Å². The van der Waals surface area contributed by atoms with Gasteiger partial charge < -0.3 is 15.5 Å². The summed E-state index contributed by atoms with van der Waals surface area (Å²) in [7, 11) is 0. The first-order valence-electron chi connectivity index (χ1n) is 10.9. The summed E-state index contributed by atoms with van der Waals surface area (Å²) in [6.07, 6.45) is 3.47. The minimum Gasteiger partial charge on any atom is -0.372 e. The third-order valence-electron chi connectivity index (χ3n) is 5.24. The van der Waals surface area contributed by atoms with E-state index in [2.05, 4.69) is 72.9 Å². The Morgan fingerprint density at radius 1 is 1.24 bits per heavy atom. The highest BCUT2D eigenvalue weighted by atomic mass is 32.1. The Labute approximate surface area is 179 Å². The molecular formula is C23H35N5S. The zero-order chi connectivity index (χ0) is 20.6. The molecule has 2 aromatic rings. The highest BCUT2D eigenvalue weighted by molar-refractivity contribution is 7.09. The molecule has 5 nitrogen and oxygen atoms in total. The van der Waals surface area contributed by atoms with E-state index in [1.807, 2.05) is 0 Å². The van der Waals surface area contributed by atoms with Gasteiger partial charge in [0.15, 0.2) is 5.96 Å². The van der Waals surface area contributed by atoms with Crippen LogP contribution in [0, 0.1) is 0 Å². The number of thiazole rings is 1. The van der Waals surface area contributed by atoms with Crippen LogP contribution in [0.15, 0.2) is 34.6 Å². The molecule has 0 spiro atoms. The number of rotatable bonds is 8. The van der Waals surface area contributed by atoms with Crippen LogP contribution in [0.25, 0.3) is 0 Å². The van der Waals surface area contributed by atoms with Crippen molar-refractivity contribution in [3.05, 3.63) is 45.9 Å². The number of nitrogens with one attached hydrogen (secondary N) is 2. The molecule has 0 amide bonds. The Morgan fingerprint density at radius 2 is 2.03 bits per heavy atom. The summed E-state index contributed by atoms with van der Waals surface area (Å²) in [5.41, 5.74) is 3.77. The smallest absolute Gasteiger partial charge is 0.191 e. The molecular weight excluding hydrogens is 378 g/mol. The van der Waals surface area contributed by atoms with Crippen LogP contribution in [0.1, 0.15) is 68.8 Å². The van der Waals surface area contributed by atoms with E-state index >= 15 is 0 Å². The molecule has 0 aliphatic carbocycles. The maximum absolute atomic E-state index is 4.78. The lowest BCUT2D eigenvalue weighted by atomic mass is 10.1.